The van der Waals surface area contributed by atoms with Crippen LogP contribution in [-0.2, 0) is 25.6 Å². The lowest BCUT2D eigenvalue weighted by molar-refractivity contribution is -0.141. The van der Waals surface area contributed by atoms with Crippen LogP contribution in [-0.4, -0.2) is 22.0 Å². The van der Waals surface area contributed by atoms with Gasteiger partial charge in [0.2, 0.25) is 0 Å². The summed E-state index contributed by atoms with van der Waals surface area (Å²) >= 11 is 0. The van der Waals surface area contributed by atoms with E-state index in [1.165, 1.54) is 4.57 Å². The molecule has 1 N–H and O–H groups in total. The minimum absolute atomic E-state index is 0.0634. The van der Waals surface area contributed by atoms with Crippen LogP contribution in [0.1, 0.15) is 46.7 Å². The van der Waals surface area contributed by atoms with E-state index in [4.69, 9.17) is 4.42 Å². The van der Waals surface area contributed by atoms with Gasteiger partial charge in [0.25, 0.3) is 5.91 Å². The quantitative estimate of drug-likeness (QED) is 0.915. The summed E-state index contributed by atoms with van der Waals surface area (Å²) in [5.41, 5.74) is 0.0818. The molecule has 5 nitrogen and oxygen atoms in total. The molecule has 0 aliphatic carbocycles. The van der Waals surface area contributed by atoms with Crippen LogP contribution < -0.4 is 5.32 Å². The van der Waals surface area contributed by atoms with Gasteiger partial charge in [-0.05, 0) is 30.9 Å². The summed E-state index contributed by atoms with van der Waals surface area (Å²) in [6.07, 6.45) is -1.51. The molecule has 136 valence electrons. The number of imidazole rings is 1. The first-order valence-corrected chi connectivity index (χ1v) is 8.28. The zero-order valence-corrected chi connectivity index (χ0v) is 14.1. The van der Waals surface area contributed by atoms with Crippen LogP contribution in [0, 0.1) is 12.8 Å². The molecular weight excluding hydrogens is 335 g/mol. The Labute approximate surface area is 143 Å². The van der Waals surface area contributed by atoms with Gasteiger partial charge in [-0.15, -0.1) is 0 Å². The molecule has 0 bridgehead atoms. The van der Waals surface area contributed by atoms with Gasteiger partial charge in [-0.2, -0.15) is 13.2 Å². The van der Waals surface area contributed by atoms with E-state index in [0.717, 1.165) is 17.5 Å². The maximum Gasteiger partial charge on any atom is 0.434 e. The lowest BCUT2D eigenvalue weighted by Gasteiger charge is -2.23. The molecule has 0 spiro atoms. The Kier molecular flexibility index (Phi) is 4.62. The topological polar surface area (TPSA) is 60.1 Å². The van der Waals surface area contributed by atoms with Gasteiger partial charge < -0.3 is 14.3 Å². The van der Waals surface area contributed by atoms with Crippen molar-refractivity contribution in [2.45, 2.75) is 45.8 Å². The Hall–Kier alpha value is -2.25. The molecule has 1 unspecified atom stereocenters. The van der Waals surface area contributed by atoms with Gasteiger partial charge in [-0.1, -0.05) is 6.92 Å². The third kappa shape index (κ3) is 3.72. The van der Waals surface area contributed by atoms with Gasteiger partial charge in [0.1, 0.15) is 11.6 Å². The molecule has 0 fully saturated rings. The van der Waals surface area contributed by atoms with E-state index in [2.05, 4.69) is 10.3 Å². The molecule has 2 aromatic rings. The Morgan fingerprint density at radius 1 is 1.48 bits per heavy atom. The largest absolute Gasteiger partial charge is 0.456 e. The smallest absolute Gasteiger partial charge is 0.434 e. The van der Waals surface area contributed by atoms with Gasteiger partial charge >= 0.3 is 6.18 Å². The van der Waals surface area contributed by atoms with E-state index in [0.29, 0.717) is 38.2 Å². The number of hydrogen-bond donors (Lipinski definition) is 1. The molecule has 3 heterocycles. The molecule has 0 saturated heterocycles. The van der Waals surface area contributed by atoms with E-state index in [1.807, 2.05) is 13.8 Å². The monoisotopic (exact) mass is 355 g/mol. The van der Waals surface area contributed by atoms with Crippen LogP contribution >= 0.6 is 0 Å². The number of halogens is 3. The second-order valence-electron chi connectivity index (χ2n) is 6.38. The average molecular weight is 355 g/mol. The first kappa shape index (κ1) is 17.6. The summed E-state index contributed by atoms with van der Waals surface area (Å²) in [5.74, 6) is 1.27. The van der Waals surface area contributed by atoms with Crippen LogP contribution in [0.3, 0.4) is 0 Å². The maximum atomic E-state index is 12.7. The van der Waals surface area contributed by atoms with Crippen molar-refractivity contribution in [2.75, 3.05) is 6.54 Å². The van der Waals surface area contributed by atoms with Crippen molar-refractivity contribution in [3.8, 4) is 0 Å². The van der Waals surface area contributed by atoms with Gasteiger partial charge in [0.15, 0.2) is 11.5 Å². The predicted molar refractivity (Wildman–Crippen MR) is 84.2 cm³/mol. The van der Waals surface area contributed by atoms with Gasteiger partial charge in [0.05, 0.1) is 0 Å². The summed E-state index contributed by atoms with van der Waals surface area (Å²) in [7, 11) is 0. The minimum Gasteiger partial charge on any atom is -0.456 e. The number of hydrogen-bond acceptors (Lipinski definition) is 3. The molecule has 1 aliphatic heterocycles. The van der Waals surface area contributed by atoms with E-state index in [-0.39, 0.29) is 17.6 Å². The Bertz CT molecular complexity index is 777. The Morgan fingerprint density at radius 2 is 2.24 bits per heavy atom. The summed E-state index contributed by atoms with van der Waals surface area (Å²) in [6.45, 7) is 4.64. The van der Waals surface area contributed by atoms with Crippen LogP contribution in [0.4, 0.5) is 13.2 Å². The van der Waals surface area contributed by atoms with Crippen molar-refractivity contribution in [3.05, 3.63) is 40.9 Å². The van der Waals surface area contributed by atoms with Crippen LogP contribution in [0.5, 0.6) is 0 Å². The fourth-order valence-corrected chi connectivity index (χ4v) is 3.12. The first-order chi connectivity index (χ1) is 11.8. The highest BCUT2D eigenvalue weighted by Crippen LogP contribution is 2.30. The molecule has 2 aromatic heterocycles. The standard InChI is InChI=1S/C17H20F3N3O2/c1-3-12-10(2)6-13(25-12)16(24)21-7-11-4-5-15-22-14(17(18,19)20)9-23(15)8-11/h6,9,11H,3-5,7-8H2,1-2H3,(H,21,24). The number of carbonyl (C=O) groups excluding carboxylic acids is 1. The molecule has 0 saturated carbocycles. The van der Waals surface area contributed by atoms with Crippen LogP contribution in [0.15, 0.2) is 16.7 Å². The number of carbonyl (C=O) groups is 1. The summed E-state index contributed by atoms with van der Waals surface area (Å²) in [6, 6.07) is 1.71. The molecule has 0 aromatic carbocycles. The number of aromatic nitrogens is 2. The molecule has 1 atom stereocenters. The second-order valence-corrected chi connectivity index (χ2v) is 6.38. The SMILES string of the molecule is CCc1oc(C(=O)NCC2CCc3nc(C(F)(F)F)cn3C2)cc1C. The van der Waals surface area contributed by atoms with Gasteiger partial charge in [0, 0.05) is 32.1 Å². The Morgan fingerprint density at radius 3 is 2.88 bits per heavy atom. The van der Waals surface area contributed by atoms with Crippen LogP contribution in [0.25, 0.3) is 0 Å². The number of amides is 1. The summed E-state index contributed by atoms with van der Waals surface area (Å²) in [5, 5.41) is 2.81. The predicted octanol–water partition coefficient (Wildman–Crippen LogP) is 3.36. The van der Waals surface area contributed by atoms with Crippen molar-refractivity contribution in [2.24, 2.45) is 5.92 Å². The lowest BCUT2D eigenvalue weighted by Crippen LogP contribution is -2.33. The molecule has 25 heavy (non-hydrogen) atoms. The zero-order chi connectivity index (χ0) is 18.2. The number of nitrogens with zero attached hydrogens (tertiary/aromatic N) is 2. The molecule has 1 aliphatic rings. The maximum absolute atomic E-state index is 12.7. The van der Waals surface area contributed by atoms with Crippen molar-refractivity contribution < 1.29 is 22.4 Å². The minimum atomic E-state index is -4.43. The van der Waals surface area contributed by atoms with E-state index in [9.17, 15) is 18.0 Å². The summed E-state index contributed by atoms with van der Waals surface area (Å²) < 4.78 is 45.2. The van der Waals surface area contributed by atoms with Gasteiger partial charge in [-0.3, -0.25) is 4.79 Å². The van der Waals surface area contributed by atoms with Crippen molar-refractivity contribution in [3.63, 3.8) is 0 Å². The fourth-order valence-electron chi connectivity index (χ4n) is 3.12. The third-order valence-corrected chi connectivity index (χ3v) is 4.50. The first-order valence-electron chi connectivity index (χ1n) is 8.28. The number of fused-ring (bicyclic) bond motifs is 1. The highest BCUT2D eigenvalue weighted by atomic mass is 19.4. The van der Waals surface area contributed by atoms with Crippen LogP contribution in [0.2, 0.25) is 0 Å². The normalized spacial score (nSPS) is 17.4. The van der Waals surface area contributed by atoms with Crippen molar-refractivity contribution in [1.82, 2.24) is 14.9 Å². The van der Waals surface area contributed by atoms with Crippen molar-refractivity contribution >= 4 is 5.91 Å². The van der Waals surface area contributed by atoms with E-state index < -0.39 is 11.9 Å². The fraction of sp³-hybridized carbons (Fsp3) is 0.529. The highest BCUT2D eigenvalue weighted by Gasteiger charge is 2.35. The molecule has 3 rings (SSSR count). The number of alkyl halides is 3. The Balaban J connectivity index is 1.59. The number of furan rings is 1. The molecular formula is C17H20F3N3O2. The van der Waals surface area contributed by atoms with Gasteiger partial charge in [-0.25, -0.2) is 4.98 Å². The molecule has 8 heteroatoms. The number of aryl methyl sites for hydroxylation is 3. The lowest BCUT2D eigenvalue weighted by atomic mass is 9.99. The zero-order valence-electron chi connectivity index (χ0n) is 14.1. The van der Waals surface area contributed by atoms with Crippen molar-refractivity contribution in [1.29, 1.82) is 0 Å². The molecule has 0 radical (unpaired) electrons. The van der Waals surface area contributed by atoms with E-state index in [1.54, 1.807) is 6.07 Å². The number of nitrogens with one attached hydrogen (secondary N) is 1. The molecule has 1 amide bonds. The third-order valence-electron chi connectivity index (χ3n) is 4.50. The average Bonchev–Trinajstić information content (AvgIpc) is 3.15. The second kappa shape index (κ2) is 6.57. The number of rotatable bonds is 4. The highest BCUT2D eigenvalue weighted by molar-refractivity contribution is 5.91. The van der Waals surface area contributed by atoms with E-state index >= 15 is 0 Å². The summed E-state index contributed by atoms with van der Waals surface area (Å²) in [4.78, 5) is 15.8.